The van der Waals surface area contributed by atoms with Crippen LogP contribution >= 0.6 is 0 Å². The Morgan fingerprint density at radius 3 is 1.86 bits per heavy atom. The van der Waals surface area contributed by atoms with E-state index in [0.717, 1.165) is 25.3 Å². The molecule has 190 valence electrons. The van der Waals surface area contributed by atoms with Crippen molar-refractivity contribution in [2.75, 3.05) is 0 Å². The number of allylic oxidation sites excluding steroid dienone is 1. The number of benzene rings is 2. The number of aromatic nitrogens is 2. The lowest BCUT2D eigenvalue weighted by Gasteiger charge is -2.14. The molecule has 4 nitrogen and oxygen atoms in total. The second kappa shape index (κ2) is 9.63. The van der Waals surface area contributed by atoms with Crippen LogP contribution in [0.4, 0.5) is 39.5 Å². The van der Waals surface area contributed by atoms with Crippen LogP contribution in [0.5, 0.6) is 5.75 Å². The molecule has 0 atom stereocenters. The summed E-state index contributed by atoms with van der Waals surface area (Å²) in [6.07, 6.45) is -12.8. The van der Waals surface area contributed by atoms with E-state index in [-0.39, 0.29) is 22.9 Å². The lowest BCUT2D eigenvalue weighted by molar-refractivity contribution is -0.274. The molecule has 2 aromatic carbocycles. The van der Waals surface area contributed by atoms with Crippen molar-refractivity contribution >= 4 is 17.4 Å². The van der Waals surface area contributed by atoms with Gasteiger partial charge in [0.15, 0.2) is 11.6 Å². The Morgan fingerprint density at radius 1 is 0.833 bits per heavy atom. The number of nitrogens with zero attached hydrogens (tertiary/aromatic N) is 2. The number of carbonyl (C=O) groups excluding carboxylic acids is 1. The number of rotatable bonds is 5. The van der Waals surface area contributed by atoms with Crippen LogP contribution in [-0.4, -0.2) is 22.1 Å². The normalized spacial score (nSPS) is 13.0. The highest BCUT2D eigenvalue weighted by molar-refractivity contribution is 6.24. The van der Waals surface area contributed by atoms with Crippen LogP contribution in [0.2, 0.25) is 0 Å². The van der Waals surface area contributed by atoms with Crippen LogP contribution in [0.25, 0.3) is 23.0 Å². The second-order valence-corrected chi connectivity index (χ2v) is 7.29. The third kappa shape index (κ3) is 6.83. The fraction of sp³-hybridized carbons (Fsp3) is 0.174. The molecule has 0 amide bonds. The summed E-state index contributed by atoms with van der Waals surface area (Å²) in [4.78, 5) is 19.9. The minimum atomic E-state index is -5.07. The largest absolute Gasteiger partial charge is 0.573 e. The quantitative estimate of drug-likeness (QED) is 0.264. The molecule has 1 aromatic heterocycles. The first-order valence-corrected chi connectivity index (χ1v) is 9.75. The molecule has 0 aliphatic heterocycles. The van der Waals surface area contributed by atoms with Crippen molar-refractivity contribution in [3.05, 3.63) is 77.1 Å². The van der Waals surface area contributed by atoms with Gasteiger partial charge in [0.05, 0.1) is 16.8 Å². The van der Waals surface area contributed by atoms with Gasteiger partial charge in [0, 0.05) is 17.3 Å². The Labute approximate surface area is 197 Å². The fourth-order valence-corrected chi connectivity index (χ4v) is 3.05. The molecule has 0 aliphatic rings. The van der Waals surface area contributed by atoms with Gasteiger partial charge >= 0.3 is 18.7 Å². The monoisotopic (exact) mass is 520 g/mol. The number of alkyl halides is 9. The van der Waals surface area contributed by atoms with E-state index in [1.54, 1.807) is 0 Å². The molecular weight excluding hydrogens is 507 g/mol. The number of ketones is 1. The summed E-state index contributed by atoms with van der Waals surface area (Å²) in [6.45, 7) is 1.15. The number of hydrogen-bond donors (Lipinski definition) is 0. The maximum atomic E-state index is 13.2. The summed E-state index contributed by atoms with van der Waals surface area (Å²) in [7, 11) is 0. The molecule has 0 saturated heterocycles. The Bertz CT molecular complexity index is 1260. The molecule has 0 aliphatic carbocycles. The van der Waals surface area contributed by atoms with Gasteiger partial charge in [-0.05, 0) is 55.0 Å². The zero-order valence-electron chi connectivity index (χ0n) is 17.9. The van der Waals surface area contributed by atoms with Gasteiger partial charge < -0.3 is 4.74 Å². The Hall–Kier alpha value is -3.90. The highest BCUT2D eigenvalue weighted by Crippen LogP contribution is 2.38. The van der Waals surface area contributed by atoms with Gasteiger partial charge in [0.25, 0.3) is 0 Å². The predicted molar refractivity (Wildman–Crippen MR) is 109 cm³/mol. The van der Waals surface area contributed by atoms with Crippen molar-refractivity contribution in [1.29, 1.82) is 0 Å². The molecule has 3 aromatic rings. The lowest BCUT2D eigenvalue weighted by atomic mass is 10.0. The molecule has 0 radical (unpaired) electrons. The maximum Gasteiger partial charge on any atom is 0.573 e. The Kier molecular flexibility index (Phi) is 7.14. The van der Waals surface area contributed by atoms with E-state index < -0.39 is 52.8 Å². The average molecular weight is 520 g/mol. The van der Waals surface area contributed by atoms with E-state index >= 15 is 0 Å². The lowest BCUT2D eigenvalue weighted by Crippen LogP contribution is -2.17. The van der Waals surface area contributed by atoms with Gasteiger partial charge in [-0.3, -0.25) is 4.79 Å². The molecular formula is C23H13F9N2O2. The molecule has 0 fully saturated rings. The molecule has 1 heterocycles. The van der Waals surface area contributed by atoms with E-state index in [4.69, 9.17) is 0 Å². The average Bonchev–Trinajstić information content (AvgIpc) is 2.75. The van der Waals surface area contributed by atoms with Crippen LogP contribution in [-0.2, 0) is 17.1 Å². The molecule has 13 heteroatoms. The van der Waals surface area contributed by atoms with Crippen molar-refractivity contribution < 1.29 is 49.0 Å². The second-order valence-electron chi connectivity index (χ2n) is 7.29. The predicted octanol–water partition coefficient (Wildman–Crippen LogP) is 7.21. The smallest absolute Gasteiger partial charge is 0.406 e. The van der Waals surface area contributed by atoms with E-state index in [2.05, 4.69) is 14.7 Å². The van der Waals surface area contributed by atoms with E-state index in [1.807, 2.05) is 0 Å². The molecule has 36 heavy (non-hydrogen) atoms. The zero-order chi connectivity index (χ0) is 26.9. The molecule has 0 saturated carbocycles. The molecule has 0 spiro atoms. The van der Waals surface area contributed by atoms with Crippen LogP contribution in [0.1, 0.15) is 29.3 Å². The summed E-state index contributed by atoms with van der Waals surface area (Å²) in [5.74, 6) is -1.56. The first-order valence-electron chi connectivity index (χ1n) is 9.75. The standard InChI is InChI=1S/C23H13F9N2O2/c1-12(35)19(13-2-4-18(5-3-13)36-23(30,31)32)11-17-6-7-33-20(34-17)14-8-15(21(24,25)26)10-16(9-14)22(27,28)29/h2-11H,1H3/b19-11-. The van der Waals surface area contributed by atoms with E-state index in [9.17, 15) is 44.3 Å². The van der Waals surface area contributed by atoms with Crippen LogP contribution < -0.4 is 4.74 Å². The van der Waals surface area contributed by atoms with Gasteiger partial charge in [-0.2, -0.15) is 26.3 Å². The van der Waals surface area contributed by atoms with Crippen LogP contribution in [0.15, 0.2) is 54.7 Å². The summed E-state index contributed by atoms with van der Waals surface area (Å²) >= 11 is 0. The van der Waals surface area contributed by atoms with Gasteiger partial charge in [0.2, 0.25) is 0 Å². The van der Waals surface area contributed by atoms with Crippen LogP contribution in [0, 0.1) is 0 Å². The van der Waals surface area contributed by atoms with Gasteiger partial charge in [-0.15, -0.1) is 13.2 Å². The summed E-state index contributed by atoms with van der Waals surface area (Å²) in [6, 6.07) is 6.39. The third-order valence-electron chi connectivity index (χ3n) is 4.59. The molecule has 0 N–H and O–H groups in total. The Balaban J connectivity index is 2.04. The zero-order valence-corrected chi connectivity index (χ0v) is 17.9. The first-order chi connectivity index (χ1) is 16.5. The van der Waals surface area contributed by atoms with Crippen molar-refractivity contribution in [1.82, 2.24) is 9.97 Å². The van der Waals surface area contributed by atoms with Gasteiger partial charge in [-0.25, -0.2) is 9.97 Å². The summed E-state index contributed by atoms with van der Waals surface area (Å²) < 4.78 is 120. The summed E-state index contributed by atoms with van der Waals surface area (Å²) in [5.41, 5.74) is -3.60. The minimum absolute atomic E-state index is 0.0345. The summed E-state index contributed by atoms with van der Waals surface area (Å²) in [5, 5.41) is 0. The fourth-order valence-electron chi connectivity index (χ4n) is 3.05. The highest BCUT2D eigenvalue weighted by atomic mass is 19.4. The topological polar surface area (TPSA) is 52.1 Å². The molecule has 3 rings (SSSR count). The van der Waals surface area contributed by atoms with Crippen molar-refractivity contribution in [3.63, 3.8) is 0 Å². The van der Waals surface area contributed by atoms with Gasteiger partial charge in [-0.1, -0.05) is 12.1 Å². The number of ether oxygens (including phenoxy) is 1. The van der Waals surface area contributed by atoms with E-state index in [0.29, 0.717) is 12.1 Å². The van der Waals surface area contributed by atoms with Crippen molar-refractivity contribution in [3.8, 4) is 17.1 Å². The van der Waals surface area contributed by atoms with Gasteiger partial charge in [0.1, 0.15) is 5.75 Å². The van der Waals surface area contributed by atoms with Crippen molar-refractivity contribution in [2.24, 2.45) is 0 Å². The molecule has 0 unspecified atom stereocenters. The molecule has 0 bridgehead atoms. The number of carbonyl (C=O) groups is 1. The number of Topliss-reactive ketones (excluding diaryl/α,β-unsaturated/α-hetero) is 1. The highest BCUT2D eigenvalue weighted by Gasteiger charge is 2.37. The number of hydrogen-bond acceptors (Lipinski definition) is 4. The minimum Gasteiger partial charge on any atom is -0.406 e. The Morgan fingerprint density at radius 2 is 1.39 bits per heavy atom. The maximum absolute atomic E-state index is 13.2. The van der Waals surface area contributed by atoms with Crippen molar-refractivity contribution in [2.45, 2.75) is 25.6 Å². The van der Waals surface area contributed by atoms with Crippen LogP contribution in [0.3, 0.4) is 0 Å². The van der Waals surface area contributed by atoms with E-state index in [1.165, 1.54) is 24.3 Å². The first kappa shape index (κ1) is 26.7. The third-order valence-corrected chi connectivity index (χ3v) is 4.59. The number of halogens is 9. The SMILES string of the molecule is CC(=O)/C(=C/c1ccnc(-c2cc(C(F)(F)F)cc(C(F)(F)F)c2)n1)c1ccc(OC(F)(F)F)cc1.